The summed E-state index contributed by atoms with van der Waals surface area (Å²) in [6, 6.07) is 0. The molecule has 0 radical (unpaired) electrons. The summed E-state index contributed by atoms with van der Waals surface area (Å²) in [6.07, 6.45) is 5.84. The third-order valence-electron chi connectivity index (χ3n) is 4.53. The molecule has 2 saturated carbocycles. The molecule has 0 aromatic rings. The highest BCUT2D eigenvalue weighted by Crippen LogP contribution is 2.51. The lowest BCUT2D eigenvalue weighted by Crippen LogP contribution is -2.54. The van der Waals surface area contributed by atoms with Crippen molar-refractivity contribution in [2.45, 2.75) is 45.4 Å². The fourth-order valence-corrected chi connectivity index (χ4v) is 3.23. The van der Waals surface area contributed by atoms with Gasteiger partial charge in [0.05, 0.1) is 7.11 Å². The summed E-state index contributed by atoms with van der Waals surface area (Å²) < 4.78 is 4.85. The number of hydrogen-bond acceptors (Lipinski definition) is 3. The quantitative estimate of drug-likeness (QED) is 0.546. The average Bonchev–Trinajstić information content (AvgIpc) is 2.80. The van der Waals surface area contributed by atoms with E-state index in [0.29, 0.717) is 6.42 Å². The first-order chi connectivity index (χ1) is 7.63. The second-order valence-electron chi connectivity index (χ2n) is 5.25. The molecule has 0 spiro atoms. The van der Waals surface area contributed by atoms with E-state index in [0.717, 1.165) is 32.1 Å². The molecule has 0 aromatic heterocycles. The first-order valence-corrected chi connectivity index (χ1v) is 6.25. The van der Waals surface area contributed by atoms with Gasteiger partial charge in [-0.25, -0.2) is 0 Å². The summed E-state index contributed by atoms with van der Waals surface area (Å²) in [6.45, 7) is 1.99. The molecule has 0 bridgehead atoms. The number of ketones is 1. The van der Waals surface area contributed by atoms with Crippen molar-refractivity contribution in [3.63, 3.8) is 0 Å². The Balaban J connectivity index is 2.19. The summed E-state index contributed by atoms with van der Waals surface area (Å²) in [4.78, 5) is 24.3. The van der Waals surface area contributed by atoms with Crippen LogP contribution in [0.3, 0.4) is 0 Å². The van der Waals surface area contributed by atoms with Crippen LogP contribution >= 0.6 is 0 Å². The molecular formula is C13H20O3. The van der Waals surface area contributed by atoms with E-state index in [1.807, 2.05) is 6.92 Å². The molecule has 0 saturated heterocycles. The maximum Gasteiger partial charge on any atom is 0.319 e. The van der Waals surface area contributed by atoms with Gasteiger partial charge in [-0.3, -0.25) is 9.59 Å². The summed E-state index contributed by atoms with van der Waals surface area (Å²) >= 11 is 0. The molecule has 2 rings (SSSR count). The van der Waals surface area contributed by atoms with Crippen LogP contribution in [0.4, 0.5) is 0 Å². The Kier molecular flexibility index (Phi) is 3.04. The largest absolute Gasteiger partial charge is 0.468 e. The molecule has 0 aromatic carbocycles. The van der Waals surface area contributed by atoms with Gasteiger partial charge in [0.25, 0.3) is 0 Å². The van der Waals surface area contributed by atoms with Crippen molar-refractivity contribution in [2.24, 2.45) is 17.3 Å². The first kappa shape index (κ1) is 11.6. The Bertz CT molecular complexity index is 304. The predicted octanol–water partition coefficient (Wildman–Crippen LogP) is 2.33. The Labute approximate surface area is 96.5 Å². The minimum absolute atomic E-state index is 0.113. The zero-order valence-corrected chi connectivity index (χ0v) is 10.1. The lowest BCUT2D eigenvalue weighted by atomic mass is 9.56. The molecule has 16 heavy (non-hydrogen) atoms. The van der Waals surface area contributed by atoms with Crippen LogP contribution in [-0.2, 0) is 14.3 Å². The van der Waals surface area contributed by atoms with Gasteiger partial charge < -0.3 is 4.74 Å². The number of esters is 1. The molecule has 2 unspecified atom stereocenters. The van der Waals surface area contributed by atoms with Crippen molar-refractivity contribution in [1.82, 2.24) is 0 Å². The normalized spacial score (nSPS) is 34.5. The van der Waals surface area contributed by atoms with Crippen LogP contribution in [0.1, 0.15) is 45.4 Å². The van der Waals surface area contributed by atoms with Crippen molar-refractivity contribution < 1.29 is 14.3 Å². The lowest BCUT2D eigenvalue weighted by Gasteiger charge is -2.45. The summed E-state index contributed by atoms with van der Waals surface area (Å²) in [5.41, 5.74) is -0.788. The molecule has 0 N–H and O–H groups in total. The molecule has 0 amide bonds. The van der Waals surface area contributed by atoms with Crippen LogP contribution < -0.4 is 0 Å². The molecule has 2 aliphatic carbocycles. The van der Waals surface area contributed by atoms with E-state index in [1.54, 1.807) is 0 Å². The van der Waals surface area contributed by atoms with Crippen LogP contribution in [0, 0.1) is 17.3 Å². The summed E-state index contributed by atoms with van der Waals surface area (Å²) in [5.74, 6) is 0.133. The van der Waals surface area contributed by atoms with Gasteiger partial charge in [0.15, 0.2) is 5.78 Å². The van der Waals surface area contributed by atoms with Crippen molar-refractivity contribution in [3.05, 3.63) is 0 Å². The smallest absolute Gasteiger partial charge is 0.319 e. The van der Waals surface area contributed by atoms with E-state index in [9.17, 15) is 9.59 Å². The Hall–Kier alpha value is -0.860. The highest BCUT2D eigenvalue weighted by atomic mass is 16.5. The first-order valence-electron chi connectivity index (χ1n) is 6.25. The van der Waals surface area contributed by atoms with Gasteiger partial charge in [-0.15, -0.1) is 0 Å². The number of rotatable bonds is 3. The lowest BCUT2D eigenvalue weighted by molar-refractivity contribution is -0.171. The molecule has 3 heteroatoms. The molecule has 3 nitrogen and oxygen atoms in total. The highest BCUT2D eigenvalue weighted by molar-refractivity contribution is 6.06. The van der Waals surface area contributed by atoms with Crippen molar-refractivity contribution in [1.29, 1.82) is 0 Å². The zero-order valence-electron chi connectivity index (χ0n) is 10.1. The Morgan fingerprint density at radius 1 is 1.19 bits per heavy atom. The van der Waals surface area contributed by atoms with Gasteiger partial charge in [0.1, 0.15) is 5.41 Å². The SMILES string of the molecule is COC(=O)C1(C(=O)C2CCCC2)CCC1C. The van der Waals surface area contributed by atoms with Crippen molar-refractivity contribution in [3.8, 4) is 0 Å². The van der Waals surface area contributed by atoms with Gasteiger partial charge >= 0.3 is 5.97 Å². The van der Waals surface area contributed by atoms with Crippen molar-refractivity contribution >= 4 is 11.8 Å². The summed E-state index contributed by atoms with van der Waals surface area (Å²) in [7, 11) is 1.39. The van der Waals surface area contributed by atoms with Gasteiger partial charge in [-0.2, -0.15) is 0 Å². The molecule has 2 aliphatic rings. The number of carbonyl (C=O) groups is 2. The topological polar surface area (TPSA) is 43.4 Å². The fraction of sp³-hybridized carbons (Fsp3) is 0.846. The standard InChI is InChI=1S/C13H20O3/c1-9-7-8-13(9,12(15)16-2)11(14)10-5-3-4-6-10/h9-10H,3-8H2,1-2H3. The van der Waals surface area contributed by atoms with Gasteiger partial charge in [0, 0.05) is 5.92 Å². The monoisotopic (exact) mass is 224 g/mol. The number of hydrogen-bond donors (Lipinski definition) is 0. The van der Waals surface area contributed by atoms with Gasteiger partial charge in [-0.1, -0.05) is 19.8 Å². The average molecular weight is 224 g/mol. The number of ether oxygens (including phenoxy) is 1. The van der Waals surface area contributed by atoms with Crippen molar-refractivity contribution in [2.75, 3.05) is 7.11 Å². The second-order valence-corrected chi connectivity index (χ2v) is 5.25. The molecule has 90 valence electrons. The van der Waals surface area contributed by atoms with E-state index < -0.39 is 5.41 Å². The van der Waals surface area contributed by atoms with E-state index in [4.69, 9.17) is 4.74 Å². The highest BCUT2D eigenvalue weighted by Gasteiger charge is 2.58. The van der Waals surface area contributed by atoms with Gasteiger partial charge in [0.2, 0.25) is 0 Å². The second kappa shape index (κ2) is 4.19. The van der Waals surface area contributed by atoms with Crippen LogP contribution in [0.2, 0.25) is 0 Å². The minimum atomic E-state index is -0.788. The molecule has 0 heterocycles. The predicted molar refractivity (Wildman–Crippen MR) is 59.8 cm³/mol. The number of Topliss-reactive ketones (excluding diaryl/α,β-unsaturated/α-hetero) is 1. The van der Waals surface area contributed by atoms with Crippen LogP contribution in [0.5, 0.6) is 0 Å². The van der Waals surface area contributed by atoms with Crippen LogP contribution in [0.15, 0.2) is 0 Å². The number of methoxy groups -OCH3 is 1. The number of carbonyl (C=O) groups excluding carboxylic acids is 2. The van der Waals surface area contributed by atoms with Crippen LogP contribution in [0.25, 0.3) is 0 Å². The molecular weight excluding hydrogens is 204 g/mol. The maximum absolute atomic E-state index is 12.5. The fourth-order valence-electron chi connectivity index (χ4n) is 3.23. The molecule has 0 aliphatic heterocycles. The summed E-state index contributed by atoms with van der Waals surface area (Å²) in [5, 5.41) is 0. The van der Waals surface area contributed by atoms with E-state index in [1.165, 1.54) is 7.11 Å². The zero-order chi connectivity index (χ0) is 11.8. The third-order valence-corrected chi connectivity index (χ3v) is 4.53. The van der Waals surface area contributed by atoms with E-state index in [2.05, 4.69) is 0 Å². The molecule has 2 atom stereocenters. The maximum atomic E-state index is 12.5. The minimum Gasteiger partial charge on any atom is -0.468 e. The Morgan fingerprint density at radius 2 is 1.81 bits per heavy atom. The third kappa shape index (κ3) is 1.48. The van der Waals surface area contributed by atoms with Crippen LogP contribution in [-0.4, -0.2) is 18.9 Å². The molecule has 2 fully saturated rings. The Morgan fingerprint density at radius 3 is 2.19 bits per heavy atom. The van der Waals surface area contributed by atoms with E-state index >= 15 is 0 Å². The van der Waals surface area contributed by atoms with Gasteiger partial charge in [-0.05, 0) is 31.6 Å². The van der Waals surface area contributed by atoms with E-state index in [-0.39, 0.29) is 23.6 Å².